The predicted octanol–water partition coefficient (Wildman–Crippen LogP) is 4.91. The minimum atomic E-state index is -0.474. The maximum Gasteiger partial charge on any atom is 0.261 e. The number of ether oxygens (including phenoxy) is 1. The van der Waals surface area contributed by atoms with Crippen LogP contribution in [0.4, 0.5) is 4.39 Å². The van der Waals surface area contributed by atoms with E-state index in [1.807, 2.05) is 48.5 Å². The first-order valence-electron chi connectivity index (χ1n) is 10.5. The van der Waals surface area contributed by atoms with Crippen molar-refractivity contribution in [3.05, 3.63) is 108 Å². The quantitative estimate of drug-likeness (QED) is 0.319. The minimum Gasteiger partial charge on any atom is -0.489 e. The molecule has 0 fully saturated rings. The van der Waals surface area contributed by atoms with E-state index in [9.17, 15) is 14.4 Å². The van der Waals surface area contributed by atoms with Crippen LogP contribution in [0.5, 0.6) is 5.75 Å². The normalized spacial score (nSPS) is 11.0. The highest BCUT2D eigenvalue weighted by atomic mass is 19.1. The van der Waals surface area contributed by atoms with Crippen molar-refractivity contribution in [2.45, 2.75) is 6.61 Å². The number of carbonyl (C=O) groups is 1. The lowest BCUT2D eigenvalue weighted by atomic mass is 10.1. The summed E-state index contributed by atoms with van der Waals surface area (Å²) in [5, 5.41) is 16.6. The third-order valence-electron chi connectivity index (χ3n) is 5.14. The number of amides is 1. The molecule has 0 bridgehead atoms. The highest BCUT2D eigenvalue weighted by molar-refractivity contribution is 6.02. The van der Waals surface area contributed by atoms with Crippen LogP contribution < -0.4 is 10.1 Å². The van der Waals surface area contributed by atoms with Gasteiger partial charge in [-0.3, -0.25) is 4.79 Å². The molecule has 1 amide bonds. The van der Waals surface area contributed by atoms with E-state index < -0.39 is 5.91 Å². The van der Waals surface area contributed by atoms with Crippen LogP contribution in [-0.4, -0.2) is 22.7 Å². The van der Waals surface area contributed by atoms with Gasteiger partial charge in [0.2, 0.25) is 0 Å². The van der Waals surface area contributed by atoms with Gasteiger partial charge >= 0.3 is 0 Å². The van der Waals surface area contributed by atoms with Gasteiger partial charge in [-0.05, 0) is 48.5 Å². The lowest BCUT2D eigenvalue weighted by Gasteiger charge is -2.08. The van der Waals surface area contributed by atoms with Crippen LogP contribution in [0, 0.1) is 17.1 Å². The maximum atomic E-state index is 13.8. The fourth-order valence-corrected chi connectivity index (χ4v) is 3.35. The van der Waals surface area contributed by atoms with Gasteiger partial charge in [-0.1, -0.05) is 36.4 Å². The van der Waals surface area contributed by atoms with Gasteiger partial charge in [0.15, 0.2) is 0 Å². The lowest BCUT2D eigenvalue weighted by Crippen LogP contribution is -2.19. The highest BCUT2D eigenvalue weighted by Gasteiger charge is 2.15. The van der Waals surface area contributed by atoms with Crippen LogP contribution in [0.3, 0.4) is 0 Å². The molecular weight excluding hydrogens is 431 g/mol. The highest BCUT2D eigenvalue weighted by Crippen LogP contribution is 2.28. The van der Waals surface area contributed by atoms with Crippen molar-refractivity contribution in [3.8, 4) is 28.8 Å². The average Bonchev–Trinajstić information content (AvgIpc) is 3.31. The minimum absolute atomic E-state index is 0.0267. The standard InChI is InChI=1S/C27H21FN4O2/c1-30-27(33)21(16-29)15-22-17-32(23-8-3-2-4-9-23)31-26(22)19-11-13-24(14-12-19)34-18-20-7-5-6-10-25(20)28/h2-15,17H,18H2,1H3,(H,30,33)/b21-15-. The number of aromatic nitrogens is 2. The number of nitrogens with zero attached hydrogens (tertiary/aromatic N) is 3. The Morgan fingerprint density at radius 3 is 2.47 bits per heavy atom. The van der Waals surface area contributed by atoms with Crippen LogP contribution in [0.2, 0.25) is 0 Å². The van der Waals surface area contributed by atoms with Gasteiger partial charge in [0, 0.05) is 29.9 Å². The summed E-state index contributed by atoms with van der Waals surface area (Å²) < 4.78 is 21.3. The molecule has 0 saturated heterocycles. The molecule has 7 heteroatoms. The third kappa shape index (κ3) is 5.03. The molecule has 6 nitrogen and oxygen atoms in total. The Morgan fingerprint density at radius 1 is 1.09 bits per heavy atom. The molecule has 0 unspecified atom stereocenters. The summed E-state index contributed by atoms with van der Waals surface area (Å²) in [5.41, 5.74) is 3.27. The Morgan fingerprint density at radius 2 is 1.79 bits per heavy atom. The molecule has 3 aromatic carbocycles. The zero-order chi connectivity index (χ0) is 23.9. The van der Waals surface area contributed by atoms with Crippen molar-refractivity contribution in [1.82, 2.24) is 15.1 Å². The van der Waals surface area contributed by atoms with E-state index in [0.29, 0.717) is 22.6 Å². The summed E-state index contributed by atoms with van der Waals surface area (Å²) in [6.45, 7) is 0.111. The summed E-state index contributed by atoms with van der Waals surface area (Å²) in [7, 11) is 1.47. The van der Waals surface area contributed by atoms with Crippen LogP contribution >= 0.6 is 0 Å². The number of hydrogen-bond acceptors (Lipinski definition) is 4. The summed E-state index contributed by atoms with van der Waals surface area (Å²) in [4.78, 5) is 12.1. The SMILES string of the molecule is CNC(=O)/C(C#N)=C\c1cn(-c2ccccc2)nc1-c1ccc(OCc2ccccc2F)cc1. The first kappa shape index (κ1) is 22.5. The van der Waals surface area contributed by atoms with Gasteiger partial charge in [0.1, 0.15) is 29.8 Å². The van der Waals surface area contributed by atoms with Gasteiger partial charge in [-0.2, -0.15) is 10.4 Å². The molecule has 1 aromatic heterocycles. The Hall–Kier alpha value is -4.70. The topological polar surface area (TPSA) is 79.9 Å². The summed E-state index contributed by atoms with van der Waals surface area (Å²) in [5.74, 6) is -0.209. The zero-order valence-electron chi connectivity index (χ0n) is 18.4. The first-order chi connectivity index (χ1) is 16.6. The fourth-order valence-electron chi connectivity index (χ4n) is 3.35. The number of carbonyl (C=O) groups excluding carboxylic acids is 1. The van der Waals surface area contributed by atoms with Crippen LogP contribution in [0.15, 0.2) is 90.6 Å². The van der Waals surface area contributed by atoms with E-state index in [0.717, 1.165) is 11.3 Å². The molecule has 0 aliphatic heterocycles. The smallest absolute Gasteiger partial charge is 0.261 e. The van der Waals surface area contributed by atoms with Gasteiger partial charge in [0.25, 0.3) is 5.91 Å². The largest absolute Gasteiger partial charge is 0.489 e. The molecule has 4 rings (SSSR count). The number of nitrogens with one attached hydrogen (secondary N) is 1. The van der Waals surface area contributed by atoms with Crippen molar-refractivity contribution in [2.24, 2.45) is 0 Å². The summed E-state index contributed by atoms with van der Waals surface area (Å²) in [6, 6.07) is 25.2. The number of rotatable bonds is 7. The average molecular weight is 452 g/mol. The Labute approximate surface area is 196 Å². The van der Waals surface area contributed by atoms with Crippen LogP contribution in [-0.2, 0) is 11.4 Å². The van der Waals surface area contributed by atoms with Crippen molar-refractivity contribution in [2.75, 3.05) is 7.05 Å². The van der Waals surface area contributed by atoms with Gasteiger partial charge < -0.3 is 10.1 Å². The first-order valence-corrected chi connectivity index (χ1v) is 10.5. The molecule has 1 N–H and O–H groups in total. The van der Waals surface area contributed by atoms with Crippen molar-refractivity contribution < 1.29 is 13.9 Å². The van der Waals surface area contributed by atoms with Gasteiger partial charge in [-0.15, -0.1) is 0 Å². The number of halogens is 1. The second-order valence-corrected chi connectivity index (χ2v) is 7.37. The molecule has 0 aliphatic rings. The van der Waals surface area contributed by atoms with Gasteiger partial charge in [0.05, 0.1) is 11.4 Å². The number of likely N-dealkylation sites (N-methyl/N-ethyl adjacent to an activating group) is 1. The molecule has 168 valence electrons. The van der Waals surface area contributed by atoms with Crippen molar-refractivity contribution >= 4 is 12.0 Å². The zero-order valence-corrected chi connectivity index (χ0v) is 18.4. The van der Waals surface area contributed by atoms with E-state index in [1.165, 1.54) is 19.2 Å². The molecule has 0 saturated carbocycles. The molecule has 0 spiro atoms. The molecule has 0 atom stereocenters. The molecule has 34 heavy (non-hydrogen) atoms. The monoisotopic (exact) mass is 452 g/mol. The van der Waals surface area contributed by atoms with Crippen LogP contribution in [0.1, 0.15) is 11.1 Å². The van der Waals surface area contributed by atoms with Crippen molar-refractivity contribution in [1.29, 1.82) is 5.26 Å². The van der Waals surface area contributed by atoms with E-state index in [1.54, 1.807) is 41.2 Å². The second-order valence-electron chi connectivity index (χ2n) is 7.37. The summed E-state index contributed by atoms with van der Waals surface area (Å²) in [6.07, 6.45) is 3.29. The van der Waals surface area contributed by atoms with E-state index in [4.69, 9.17) is 9.84 Å². The Bertz CT molecular complexity index is 1370. The number of nitriles is 1. The lowest BCUT2D eigenvalue weighted by molar-refractivity contribution is -0.116. The Balaban J connectivity index is 1.66. The number of benzene rings is 3. The maximum absolute atomic E-state index is 13.8. The fraction of sp³-hybridized carbons (Fsp3) is 0.0741. The third-order valence-corrected chi connectivity index (χ3v) is 5.14. The molecule has 0 aliphatic carbocycles. The molecule has 0 radical (unpaired) electrons. The second kappa shape index (κ2) is 10.3. The predicted molar refractivity (Wildman–Crippen MR) is 127 cm³/mol. The summed E-state index contributed by atoms with van der Waals surface area (Å²) >= 11 is 0. The Kier molecular flexibility index (Phi) is 6.80. The number of hydrogen-bond donors (Lipinski definition) is 1. The van der Waals surface area contributed by atoms with E-state index in [2.05, 4.69) is 5.32 Å². The molecule has 4 aromatic rings. The van der Waals surface area contributed by atoms with E-state index >= 15 is 0 Å². The number of para-hydroxylation sites is 1. The molecule has 1 heterocycles. The van der Waals surface area contributed by atoms with Gasteiger partial charge in [-0.25, -0.2) is 9.07 Å². The van der Waals surface area contributed by atoms with E-state index in [-0.39, 0.29) is 18.0 Å². The van der Waals surface area contributed by atoms with Crippen molar-refractivity contribution in [3.63, 3.8) is 0 Å². The van der Waals surface area contributed by atoms with Crippen LogP contribution in [0.25, 0.3) is 23.0 Å². The molecular formula is C27H21FN4O2.